The molecule has 0 saturated carbocycles. The number of amides is 2. The number of hydrogen-bond donors (Lipinski definition) is 3. The highest BCUT2D eigenvalue weighted by Gasteiger charge is 2.44. The largest absolute Gasteiger partial charge is 0.443 e. The molecule has 5 rings (SSSR count). The van der Waals surface area contributed by atoms with E-state index in [2.05, 4.69) is 36.4 Å². The molecule has 2 saturated heterocycles. The van der Waals surface area contributed by atoms with Crippen LogP contribution >= 0.6 is 0 Å². The Labute approximate surface area is 289 Å². The van der Waals surface area contributed by atoms with Crippen molar-refractivity contribution < 1.29 is 37.3 Å². The maximum absolute atomic E-state index is 14.2. The van der Waals surface area contributed by atoms with Crippen LogP contribution in [0.2, 0.25) is 0 Å². The van der Waals surface area contributed by atoms with Crippen molar-refractivity contribution in [3.8, 4) is 0 Å². The van der Waals surface area contributed by atoms with E-state index in [-0.39, 0.29) is 60.5 Å². The number of carbonyl (C=O) groups is 2. The van der Waals surface area contributed by atoms with Gasteiger partial charge in [0.2, 0.25) is 15.9 Å². The summed E-state index contributed by atoms with van der Waals surface area (Å²) in [6, 6.07) is 13.1. The van der Waals surface area contributed by atoms with Crippen molar-refractivity contribution in [2.24, 2.45) is 22.2 Å². The van der Waals surface area contributed by atoms with Crippen molar-refractivity contribution in [1.29, 1.82) is 0 Å². The Morgan fingerprint density at radius 2 is 1.92 bits per heavy atom. The number of rotatable bonds is 14. The fourth-order valence-corrected chi connectivity index (χ4v) is 7.99. The molecule has 3 heterocycles. The first kappa shape index (κ1) is 36.9. The van der Waals surface area contributed by atoms with Gasteiger partial charge in [0, 0.05) is 31.5 Å². The SMILES string of the molecule is CC(C)CN(CC(O)C(Cc1ccccc1)NC(=O)OC1COC2OCCC12)S(=O)(=O)c1ccc2c(c1)C(C=NCCC(C)(C)C)C(=O)N2. The number of carbonyl (C=O) groups excluding carboxylic acids is 2. The molecule has 3 aliphatic rings. The summed E-state index contributed by atoms with van der Waals surface area (Å²) < 4.78 is 46.6. The van der Waals surface area contributed by atoms with Gasteiger partial charge in [0.15, 0.2) is 6.29 Å². The Morgan fingerprint density at radius 1 is 1.16 bits per heavy atom. The molecule has 49 heavy (non-hydrogen) atoms. The van der Waals surface area contributed by atoms with Crippen LogP contribution in [0.1, 0.15) is 64.5 Å². The van der Waals surface area contributed by atoms with Crippen LogP contribution < -0.4 is 10.6 Å². The standard InChI is InChI=1S/C36H50N4O8S/c1-23(2)20-40(49(44,45)25-11-12-29-27(18-25)28(33(42)38-29)19-37-15-14-36(3,4)5)21-31(41)30(17-24-9-7-6-8-10-24)39-35(43)48-32-22-47-34-26(32)13-16-46-34/h6-12,18-19,23,26,28,30-32,34,41H,13-17,20-22H2,1-5H3,(H,38,42)(H,39,43). The van der Waals surface area contributed by atoms with Crippen molar-refractivity contribution in [2.75, 3.05) is 38.2 Å². The van der Waals surface area contributed by atoms with Gasteiger partial charge in [-0.25, -0.2) is 13.2 Å². The first-order valence-electron chi connectivity index (χ1n) is 17.1. The number of sulfonamides is 1. The maximum atomic E-state index is 14.2. The molecule has 2 fully saturated rings. The van der Waals surface area contributed by atoms with Crippen LogP contribution in [0.4, 0.5) is 10.5 Å². The zero-order valence-electron chi connectivity index (χ0n) is 29.0. The third-order valence-corrected chi connectivity index (χ3v) is 10.9. The zero-order chi connectivity index (χ0) is 35.3. The zero-order valence-corrected chi connectivity index (χ0v) is 29.8. The number of hydrogen-bond acceptors (Lipinski definition) is 9. The number of nitrogens with one attached hydrogen (secondary N) is 2. The van der Waals surface area contributed by atoms with E-state index in [0.717, 1.165) is 18.4 Å². The van der Waals surface area contributed by atoms with E-state index >= 15 is 0 Å². The normalized spacial score (nSPS) is 23.5. The summed E-state index contributed by atoms with van der Waals surface area (Å²) in [5.74, 6) is -1.10. The summed E-state index contributed by atoms with van der Waals surface area (Å²) in [6.45, 7) is 11.3. The van der Waals surface area contributed by atoms with Crippen LogP contribution in [0.15, 0.2) is 58.4 Å². The fourth-order valence-electron chi connectivity index (χ4n) is 6.34. The Bertz CT molecular complexity index is 1590. The number of benzene rings is 2. The average molecular weight is 699 g/mol. The molecule has 0 radical (unpaired) electrons. The van der Waals surface area contributed by atoms with Crippen molar-refractivity contribution in [2.45, 2.75) is 89.2 Å². The molecule has 3 N–H and O–H groups in total. The van der Waals surface area contributed by atoms with Crippen LogP contribution in [-0.4, -0.2) is 93.4 Å². The topological polar surface area (TPSA) is 156 Å². The van der Waals surface area contributed by atoms with Crippen LogP contribution in [0.5, 0.6) is 0 Å². The first-order valence-corrected chi connectivity index (χ1v) is 18.5. The molecule has 6 atom stereocenters. The molecule has 0 spiro atoms. The van der Waals surface area contributed by atoms with E-state index < -0.39 is 40.3 Å². The third kappa shape index (κ3) is 9.46. The van der Waals surface area contributed by atoms with Gasteiger partial charge in [0.25, 0.3) is 0 Å². The second-order valence-corrected chi connectivity index (χ2v) is 16.7. The number of anilines is 1. The highest BCUT2D eigenvalue weighted by molar-refractivity contribution is 7.89. The van der Waals surface area contributed by atoms with Gasteiger partial charge in [-0.05, 0) is 59.9 Å². The molecule has 0 bridgehead atoms. The van der Waals surface area contributed by atoms with Crippen LogP contribution in [0.3, 0.4) is 0 Å². The maximum Gasteiger partial charge on any atom is 0.407 e. The lowest BCUT2D eigenvalue weighted by Crippen LogP contribution is -2.51. The number of fused-ring (bicyclic) bond motifs is 2. The third-order valence-electron chi connectivity index (χ3n) is 9.05. The van der Waals surface area contributed by atoms with Crippen LogP contribution in [0, 0.1) is 17.3 Å². The average Bonchev–Trinajstić information content (AvgIpc) is 3.73. The quantitative estimate of drug-likeness (QED) is 0.246. The summed E-state index contributed by atoms with van der Waals surface area (Å²) >= 11 is 0. The van der Waals surface area contributed by atoms with Gasteiger partial charge in [0.1, 0.15) is 12.0 Å². The molecule has 2 aromatic carbocycles. The highest BCUT2D eigenvalue weighted by Crippen LogP contribution is 2.35. The number of nitrogens with zero attached hydrogens (tertiary/aromatic N) is 2. The molecule has 13 heteroatoms. The Balaban J connectivity index is 1.34. The minimum absolute atomic E-state index is 0.00485. The predicted molar refractivity (Wildman–Crippen MR) is 186 cm³/mol. The van der Waals surface area contributed by atoms with Gasteiger partial charge in [-0.3, -0.25) is 9.79 Å². The summed E-state index contributed by atoms with van der Waals surface area (Å²) in [6.07, 6.45) is 0.527. The van der Waals surface area contributed by atoms with Crippen molar-refractivity contribution >= 4 is 33.9 Å². The first-order chi connectivity index (χ1) is 23.2. The minimum Gasteiger partial charge on any atom is -0.443 e. The van der Waals surface area contributed by atoms with Gasteiger partial charge in [-0.15, -0.1) is 0 Å². The van der Waals surface area contributed by atoms with Crippen molar-refractivity contribution in [3.63, 3.8) is 0 Å². The Morgan fingerprint density at radius 3 is 2.63 bits per heavy atom. The lowest BCUT2D eigenvalue weighted by atomic mass is 9.92. The molecule has 2 aromatic rings. The van der Waals surface area contributed by atoms with Gasteiger partial charge in [-0.1, -0.05) is 65.0 Å². The van der Waals surface area contributed by atoms with E-state index in [1.807, 2.05) is 44.2 Å². The van der Waals surface area contributed by atoms with E-state index in [0.29, 0.717) is 24.4 Å². The number of aliphatic hydroxyl groups is 1. The van der Waals surface area contributed by atoms with Crippen LogP contribution in [0.25, 0.3) is 0 Å². The van der Waals surface area contributed by atoms with Gasteiger partial charge in [-0.2, -0.15) is 4.31 Å². The number of aliphatic hydroxyl groups excluding tert-OH is 1. The molecule has 0 aliphatic carbocycles. The van der Waals surface area contributed by atoms with E-state index in [9.17, 15) is 23.1 Å². The lowest BCUT2D eigenvalue weighted by Gasteiger charge is -2.31. The minimum atomic E-state index is -4.15. The number of ether oxygens (including phenoxy) is 3. The summed E-state index contributed by atoms with van der Waals surface area (Å²) in [4.78, 5) is 30.5. The summed E-state index contributed by atoms with van der Waals surface area (Å²) in [5.41, 5.74) is 2.02. The van der Waals surface area contributed by atoms with E-state index in [4.69, 9.17) is 14.2 Å². The molecular weight excluding hydrogens is 648 g/mol. The van der Waals surface area contributed by atoms with Crippen molar-refractivity contribution in [1.82, 2.24) is 9.62 Å². The Hall–Kier alpha value is -3.36. The van der Waals surface area contributed by atoms with E-state index in [1.165, 1.54) is 16.4 Å². The summed E-state index contributed by atoms with van der Waals surface area (Å²) in [7, 11) is -4.15. The fraction of sp³-hybridized carbons (Fsp3) is 0.583. The second-order valence-electron chi connectivity index (χ2n) is 14.8. The van der Waals surface area contributed by atoms with Gasteiger partial charge < -0.3 is 30.0 Å². The second kappa shape index (κ2) is 15.7. The van der Waals surface area contributed by atoms with Gasteiger partial charge in [0.05, 0.1) is 36.2 Å². The molecular formula is C36H50N4O8S. The smallest absolute Gasteiger partial charge is 0.407 e. The molecule has 0 aromatic heterocycles. The number of aliphatic imine (C=N–C) groups is 1. The molecule has 268 valence electrons. The Kier molecular flexibility index (Phi) is 11.8. The van der Waals surface area contributed by atoms with Crippen molar-refractivity contribution in [3.05, 3.63) is 59.7 Å². The monoisotopic (exact) mass is 698 g/mol. The summed E-state index contributed by atoms with van der Waals surface area (Å²) in [5, 5.41) is 17.3. The van der Waals surface area contributed by atoms with Crippen LogP contribution in [-0.2, 0) is 35.4 Å². The predicted octanol–water partition coefficient (Wildman–Crippen LogP) is 4.34. The highest BCUT2D eigenvalue weighted by atomic mass is 32.2. The number of alkyl carbamates (subject to hydrolysis) is 1. The van der Waals surface area contributed by atoms with E-state index in [1.54, 1.807) is 12.3 Å². The lowest BCUT2D eigenvalue weighted by molar-refractivity contribution is -0.115. The molecule has 2 amide bonds. The molecule has 12 nitrogen and oxygen atoms in total. The molecule has 6 unspecified atom stereocenters. The molecule has 3 aliphatic heterocycles. The van der Waals surface area contributed by atoms with Gasteiger partial charge >= 0.3 is 6.09 Å².